The lowest BCUT2D eigenvalue weighted by atomic mass is 10.3. The molecule has 0 bridgehead atoms. The molecule has 1 aliphatic heterocycles. The first-order chi connectivity index (χ1) is 6.27. The van der Waals surface area contributed by atoms with E-state index in [2.05, 4.69) is 11.8 Å². The summed E-state index contributed by atoms with van der Waals surface area (Å²) < 4.78 is 10.7. The summed E-state index contributed by atoms with van der Waals surface area (Å²) in [4.78, 5) is 2.15. The molecule has 1 N–H and O–H groups in total. The normalized spacial score (nSPS) is 21.2. The molecule has 0 aromatic heterocycles. The van der Waals surface area contributed by atoms with Crippen LogP contribution in [0.1, 0.15) is 13.8 Å². The quantitative estimate of drug-likeness (QED) is 0.664. The Bertz CT molecular complexity index is 137. The second-order valence-electron chi connectivity index (χ2n) is 3.29. The lowest BCUT2D eigenvalue weighted by Gasteiger charge is -2.27. The summed E-state index contributed by atoms with van der Waals surface area (Å²) in [5.74, 6) is 0. The third-order valence-electron chi connectivity index (χ3n) is 2.37. The molecule has 0 amide bonds. The summed E-state index contributed by atoms with van der Waals surface area (Å²) in [6.45, 7) is 7.29. The van der Waals surface area contributed by atoms with Crippen LogP contribution in [0.5, 0.6) is 0 Å². The van der Waals surface area contributed by atoms with Crippen molar-refractivity contribution in [1.82, 2.24) is 4.90 Å². The van der Waals surface area contributed by atoms with Crippen LogP contribution in [0.3, 0.4) is 0 Å². The number of rotatable bonds is 5. The standard InChI is InChI=1S/C9H19NO3/c1-3-10(8(2)7-11)6-9-12-4-5-13-9/h8-9,11H,3-7H2,1-2H3/t8-/m0/s1. The molecular weight excluding hydrogens is 170 g/mol. The zero-order valence-corrected chi connectivity index (χ0v) is 8.40. The van der Waals surface area contributed by atoms with E-state index < -0.39 is 0 Å². The highest BCUT2D eigenvalue weighted by Gasteiger charge is 2.21. The van der Waals surface area contributed by atoms with Gasteiger partial charge in [0.25, 0.3) is 0 Å². The van der Waals surface area contributed by atoms with E-state index >= 15 is 0 Å². The van der Waals surface area contributed by atoms with E-state index in [1.54, 1.807) is 0 Å². The molecule has 1 rings (SSSR count). The molecule has 4 nitrogen and oxygen atoms in total. The van der Waals surface area contributed by atoms with Gasteiger partial charge in [0.1, 0.15) is 0 Å². The van der Waals surface area contributed by atoms with E-state index in [1.165, 1.54) is 0 Å². The van der Waals surface area contributed by atoms with Gasteiger partial charge in [0.05, 0.1) is 19.8 Å². The Morgan fingerprint density at radius 2 is 2.08 bits per heavy atom. The third-order valence-corrected chi connectivity index (χ3v) is 2.37. The molecule has 4 heteroatoms. The molecule has 0 aromatic carbocycles. The van der Waals surface area contributed by atoms with Crippen LogP contribution in [0, 0.1) is 0 Å². The number of aliphatic hydroxyl groups excluding tert-OH is 1. The smallest absolute Gasteiger partial charge is 0.170 e. The highest BCUT2D eigenvalue weighted by atomic mass is 16.7. The Morgan fingerprint density at radius 3 is 2.54 bits per heavy atom. The Labute approximate surface area is 79.4 Å². The van der Waals surface area contributed by atoms with Crippen LogP contribution in [0.2, 0.25) is 0 Å². The second-order valence-corrected chi connectivity index (χ2v) is 3.29. The summed E-state index contributed by atoms with van der Waals surface area (Å²) in [6.07, 6.45) is -0.103. The van der Waals surface area contributed by atoms with Crippen molar-refractivity contribution in [3.63, 3.8) is 0 Å². The molecule has 78 valence electrons. The molecule has 1 saturated heterocycles. The Balaban J connectivity index is 2.29. The molecule has 1 heterocycles. The van der Waals surface area contributed by atoms with Crippen LogP contribution >= 0.6 is 0 Å². The van der Waals surface area contributed by atoms with E-state index in [1.807, 2.05) is 6.92 Å². The summed E-state index contributed by atoms with van der Waals surface area (Å²) in [5.41, 5.74) is 0. The SMILES string of the molecule is CCN(CC1OCCO1)[C@@H](C)CO. The highest BCUT2D eigenvalue weighted by Crippen LogP contribution is 2.08. The van der Waals surface area contributed by atoms with E-state index in [0.717, 1.165) is 13.1 Å². The van der Waals surface area contributed by atoms with E-state index in [9.17, 15) is 0 Å². The zero-order valence-electron chi connectivity index (χ0n) is 8.40. The van der Waals surface area contributed by atoms with Crippen molar-refractivity contribution in [3.05, 3.63) is 0 Å². The van der Waals surface area contributed by atoms with Gasteiger partial charge in [-0.2, -0.15) is 0 Å². The molecule has 0 aromatic rings. The summed E-state index contributed by atoms with van der Waals surface area (Å²) in [7, 11) is 0. The van der Waals surface area contributed by atoms with Crippen molar-refractivity contribution in [2.45, 2.75) is 26.2 Å². The number of ether oxygens (including phenoxy) is 2. The van der Waals surface area contributed by atoms with Crippen molar-refractivity contribution in [2.75, 3.05) is 32.9 Å². The van der Waals surface area contributed by atoms with E-state index in [0.29, 0.717) is 13.2 Å². The van der Waals surface area contributed by atoms with Crippen LogP contribution in [0.25, 0.3) is 0 Å². The molecule has 1 atom stereocenters. The largest absolute Gasteiger partial charge is 0.395 e. The van der Waals surface area contributed by atoms with Crippen molar-refractivity contribution in [3.8, 4) is 0 Å². The molecule has 13 heavy (non-hydrogen) atoms. The van der Waals surface area contributed by atoms with Crippen molar-refractivity contribution in [2.24, 2.45) is 0 Å². The summed E-state index contributed by atoms with van der Waals surface area (Å²) >= 11 is 0. The lowest BCUT2D eigenvalue weighted by Crippen LogP contribution is -2.41. The lowest BCUT2D eigenvalue weighted by molar-refractivity contribution is -0.0695. The van der Waals surface area contributed by atoms with Gasteiger partial charge < -0.3 is 14.6 Å². The van der Waals surface area contributed by atoms with Crippen LogP contribution in [0.15, 0.2) is 0 Å². The maximum atomic E-state index is 8.99. The first-order valence-electron chi connectivity index (χ1n) is 4.86. The number of aliphatic hydroxyl groups is 1. The number of hydrogen-bond donors (Lipinski definition) is 1. The minimum atomic E-state index is -0.103. The van der Waals surface area contributed by atoms with Gasteiger partial charge in [0.2, 0.25) is 0 Å². The first-order valence-corrected chi connectivity index (χ1v) is 4.86. The number of nitrogens with zero attached hydrogens (tertiary/aromatic N) is 1. The molecule has 1 fully saturated rings. The monoisotopic (exact) mass is 189 g/mol. The predicted octanol–water partition coefficient (Wildman–Crippen LogP) is 0.0620. The van der Waals surface area contributed by atoms with Crippen LogP contribution in [-0.2, 0) is 9.47 Å². The minimum absolute atomic E-state index is 0.103. The Kier molecular flexibility index (Phi) is 4.66. The molecule has 0 saturated carbocycles. The highest BCUT2D eigenvalue weighted by molar-refractivity contribution is 4.67. The molecular formula is C9H19NO3. The van der Waals surface area contributed by atoms with Crippen LogP contribution < -0.4 is 0 Å². The topological polar surface area (TPSA) is 41.9 Å². The first kappa shape index (κ1) is 10.9. The Morgan fingerprint density at radius 1 is 1.46 bits per heavy atom. The van der Waals surface area contributed by atoms with Gasteiger partial charge in [-0.05, 0) is 13.5 Å². The van der Waals surface area contributed by atoms with Gasteiger partial charge in [0, 0.05) is 12.6 Å². The number of hydrogen-bond acceptors (Lipinski definition) is 4. The fraction of sp³-hybridized carbons (Fsp3) is 1.00. The Hall–Kier alpha value is -0.160. The molecule has 1 aliphatic rings. The van der Waals surface area contributed by atoms with Gasteiger partial charge in [-0.25, -0.2) is 0 Å². The minimum Gasteiger partial charge on any atom is -0.395 e. The molecule has 0 spiro atoms. The van der Waals surface area contributed by atoms with Crippen molar-refractivity contribution < 1.29 is 14.6 Å². The van der Waals surface area contributed by atoms with Gasteiger partial charge in [-0.3, -0.25) is 4.90 Å². The van der Waals surface area contributed by atoms with E-state index in [-0.39, 0.29) is 18.9 Å². The average molecular weight is 189 g/mol. The maximum absolute atomic E-state index is 8.99. The van der Waals surface area contributed by atoms with Gasteiger partial charge in [-0.15, -0.1) is 0 Å². The van der Waals surface area contributed by atoms with E-state index in [4.69, 9.17) is 14.6 Å². The number of likely N-dealkylation sites (N-methyl/N-ethyl adjacent to an activating group) is 1. The van der Waals surface area contributed by atoms with Gasteiger partial charge in [-0.1, -0.05) is 6.92 Å². The second kappa shape index (κ2) is 5.54. The summed E-state index contributed by atoms with van der Waals surface area (Å²) in [6, 6.07) is 0.179. The zero-order chi connectivity index (χ0) is 9.68. The predicted molar refractivity (Wildman–Crippen MR) is 49.5 cm³/mol. The van der Waals surface area contributed by atoms with Crippen LogP contribution in [0.4, 0.5) is 0 Å². The van der Waals surface area contributed by atoms with Crippen LogP contribution in [-0.4, -0.2) is 55.2 Å². The maximum Gasteiger partial charge on any atom is 0.170 e. The van der Waals surface area contributed by atoms with Gasteiger partial charge in [0.15, 0.2) is 6.29 Å². The van der Waals surface area contributed by atoms with Gasteiger partial charge >= 0.3 is 0 Å². The summed E-state index contributed by atoms with van der Waals surface area (Å²) in [5, 5.41) is 8.99. The fourth-order valence-corrected chi connectivity index (χ4v) is 1.44. The van der Waals surface area contributed by atoms with Crippen molar-refractivity contribution in [1.29, 1.82) is 0 Å². The fourth-order valence-electron chi connectivity index (χ4n) is 1.44. The average Bonchev–Trinajstić information content (AvgIpc) is 2.65. The molecule has 0 aliphatic carbocycles. The third kappa shape index (κ3) is 3.23. The van der Waals surface area contributed by atoms with Crippen molar-refractivity contribution >= 4 is 0 Å². The molecule has 0 unspecified atom stereocenters. The molecule has 0 radical (unpaired) electrons.